The van der Waals surface area contributed by atoms with Crippen LogP contribution in [0.25, 0.3) is 10.1 Å². The van der Waals surface area contributed by atoms with Crippen LogP contribution in [0.1, 0.15) is 9.67 Å². The number of carbonyl (C=O) groups is 2. The predicted octanol–water partition coefficient (Wildman–Crippen LogP) is 1.63. The molecule has 0 atom stereocenters. The number of amides is 2. The molecule has 1 aromatic carbocycles. The molecule has 0 radical (unpaired) electrons. The van der Waals surface area contributed by atoms with E-state index < -0.39 is 4.92 Å². The molecule has 7 nitrogen and oxygen atoms in total. The number of likely N-dealkylation sites (N-methyl/N-ethyl adjacent to an activating group) is 1. The Labute approximate surface area is 124 Å². The van der Waals surface area contributed by atoms with Crippen LogP contribution in [0.15, 0.2) is 24.3 Å². The number of nitrogens with zero attached hydrogens (tertiary/aromatic N) is 2. The van der Waals surface area contributed by atoms with Gasteiger partial charge in [-0.3, -0.25) is 19.7 Å². The van der Waals surface area contributed by atoms with E-state index in [-0.39, 0.29) is 24.0 Å². The van der Waals surface area contributed by atoms with Crippen LogP contribution >= 0.6 is 11.3 Å². The van der Waals surface area contributed by atoms with Gasteiger partial charge in [0, 0.05) is 36.3 Å². The van der Waals surface area contributed by atoms with Gasteiger partial charge in [0.15, 0.2) is 0 Å². The molecule has 1 aromatic heterocycles. The number of carbonyl (C=O) groups excluding carboxylic acids is 2. The zero-order valence-corrected chi connectivity index (χ0v) is 12.3. The number of hydrogen-bond donors (Lipinski definition) is 1. The van der Waals surface area contributed by atoms with Gasteiger partial charge in [0.2, 0.25) is 5.91 Å². The summed E-state index contributed by atoms with van der Waals surface area (Å²) in [5, 5.41) is 13.9. The summed E-state index contributed by atoms with van der Waals surface area (Å²) in [6.07, 6.45) is 0. The van der Waals surface area contributed by atoms with Crippen LogP contribution in [0.4, 0.5) is 5.69 Å². The molecule has 0 aliphatic heterocycles. The molecule has 2 rings (SSSR count). The van der Waals surface area contributed by atoms with E-state index in [1.54, 1.807) is 26.2 Å². The fourth-order valence-corrected chi connectivity index (χ4v) is 2.62. The van der Waals surface area contributed by atoms with Crippen molar-refractivity contribution < 1.29 is 14.5 Å². The second kappa shape index (κ2) is 5.88. The molecule has 0 unspecified atom stereocenters. The number of rotatable bonds is 4. The largest absolute Gasteiger partial charge is 0.347 e. The van der Waals surface area contributed by atoms with Crippen LogP contribution in [0.5, 0.6) is 0 Å². The number of benzene rings is 1. The smallest absolute Gasteiger partial charge is 0.270 e. The van der Waals surface area contributed by atoms with Crippen molar-refractivity contribution >= 4 is 38.9 Å². The Balaban J connectivity index is 2.17. The first-order valence-corrected chi connectivity index (χ1v) is 6.86. The first kappa shape index (κ1) is 14.9. The minimum absolute atomic E-state index is 0.0185. The molecule has 8 heteroatoms. The number of nitrogens with one attached hydrogen (secondary N) is 1. The Morgan fingerprint density at radius 1 is 1.33 bits per heavy atom. The van der Waals surface area contributed by atoms with Crippen molar-refractivity contribution in [2.75, 3.05) is 20.6 Å². The Morgan fingerprint density at radius 3 is 2.67 bits per heavy atom. The first-order valence-electron chi connectivity index (χ1n) is 6.05. The van der Waals surface area contributed by atoms with Gasteiger partial charge in [0.05, 0.1) is 16.3 Å². The average molecular weight is 307 g/mol. The van der Waals surface area contributed by atoms with E-state index in [2.05, 4.69) is 5.32 Å². The number of nitro benzene ring substituents is 1. The van der Waals surface area contributed by atoms with Gasteiger partial charge in [-0.05, 0) is 12.1 Å². The second-order valence-corrected chi connectivity index (χ2v) is 5.64. The van der Waals surface area contributed by atoms with Crippen molar-refractivity contribution in [3.8, 4) is 0 Å². The van der Waals surface area contributed by atoms with Crippen molar-refractivity contribution in [2.45, 2.75) is 0 Å². The number of hydrogen-bond acceptors (Lipinski definition) is 5. The average Bonchev–Trinajstić information content (AvgIpc) is 2.86. The molecule has 1 N–H and O–H groups in total. The van der Waals surface area contributed by atoms with Crippen LogP contribution in [-0.4, -0.2) is 42.3 Å². The number of non-ortho nitro benzene ring substituents is 1. The van der Waals surface area contributed by atoms with E-state index in [4.69, 9.17) is 0 Å². The number of nitro groups is 1. The van der Waals surface area contributed by atoms with Gasteiger partial charge in [-0.1, -0.05) is 0 Å². The summed E-state index contributed by atoms with van der Waals surface area (Å²) in [6.45, 7) is -0.0831. The van der Waals surface area contributed by atoms with Gasteiger partial charge in [0.25, 0.3) is 11.6 Å². The van der Waals surface area contributed by atoms with Gasteiger partial charge in [-0.25, -0.2) is 0 Å². The van der Waals surface area contributed by atoms with E-state index in [1.807, 2.05) is 0 Å². The summed E-state index contributed by atoms with van der Waals surface area (Å²) in [6, 6.07) is 6.02. The summed E-state index contributed by atoms with van der Waals surface area (Å²) < 4.78 is 0.782. The van der Waals surface area contributed by atoms with Gasteiger partial charge in [-0.2, -0.15) is 0 Å². The van der Waals surface area contributed by atoms with Crippen molar-refractivity contribution in [3.05, 3.63) is 39.3 Å². The minimum atomic E-state index is -0.480. The highest BCUT2D eigenvalue weighted by Crippen LogP contribution is 2.28. The van der Waals surface area contributed by atoms with Crippen LogP contribution < -0.4 is 5.32 Å². The minimum Gasteiger partial charge on any atom is -0.347 e. The molecule has 0 saturated heterocycles. The fraction of sp³-hybridized carbons (Fsp3) is 0.231. The third kappa shape index (κ3) is 3.34. The Bertz CT molecular complexity index is 723. The van der Waals surface area contributed by atoms with E-state index in [9.17, 15) is 19.7 Å². The Morgan fingerprint density at radius 2 is 2.05 bits per heavy atom. The maximum absolute atomic E-state index is 12.0. The molecular formula is C13H13N3O4S. The normalized spacial score (nSPS) is 10.4. The zero-order valence-electron chi connectivity index (χ0n) is 11.5. The molecule has 21 heavy (non-hydrogen) atoms. The lowest BCUT2D eigenvalue weighted by Gasteiger charge is -2.10. The van der Waals surface area contributed by atoms with E-state index in [0.717, 1.165) is 4.70 Å². The molecule has 0 saturated carbocycles. The number of thiophene rings is 1. The summed E-state index contributed by atoms with van der Waals surface area (Å²) in [5.41, 5.74) is -0.0185. The molecule has 1 heterocycles. The van der Waals surface area contributed by atoms with Crippen molar-refractivity contribution in [2.24, 2.45) is 0 Å². The molecule has 2 amide bonds. The maximum atomic E-state index is 12.0. The highest BCUT2D eigenvalue weighted by Gasteiger charge is 2.14. The summed E-state index contributed by atoms with van der Waals surface area (Å²) in [5.74, 6) is -0.575. The van der Waals surface area contributed by atoms with Crippen molar-refractivity contribution in [1.82, 2.24) is 10.2 Å². The monoisotopic (exact) mass is 307 g/mol. The van der Waals surface area contributed by atoms with Crippen molar-refractivity contribution in [3.63, 3.8) is 0 Å². The van der Waals surface area contributed by atoms with Gasteiger partial charge in [-0.15, -0.1) is 11.3 Å². The third-order valence-corrected chi connectivity index (χ3v) is 3.95. The van der Waals surface area contributed by atoms with E-state index in [1.165, 1.54) is 28.4 Å². The Kier molecular flexibility index (Phi) is 4.18. The Hall–Kier alpha value is -2.48. The van der Waals surface area contributed by atoms with Crippen LogP contribution in [0, 0.1) is 10.1 Å². The van der Waals surface area contributed by atoms with Crippen LogP contribution in [-0.2, 0) is 4.79 Å². The lowest BCUT2D eigenvalue weighted by molar-refractivity contribution is -0.384. The zero-order chi connectivity index (χ0) is 15.6. The standard InChI is InChI=1S/C13H13N3O4S/c1-15(2)12(17)7-14-13(18)11-6-8-5-9(16(19)20)3-4-10(8)21-11/h3-6H,7H2,1-2H3,(H,14,18). The van der Waals surface area contributed by atoms with Crippen molar-refractivity contribution in [1.29, 1.82) is 0 Å². The van der Waals surface area contributed by atoms with E-state index >= 15 is 0 Å². The number of fused-ring (bicyclic) bond motifs is 1. The lowest BCUT2D eigenvalue weighted by Crippen LogP contribution is -2.35. The second-order valence-electron chi connectivity index (χ2n) is 4.56. The topological polar surface area (TPSA) is 92.6 Å². The van der Waals surface area contributed by atoms with E-state index in [0.29, 0.717) is 10.3 Å². The summed E-state index contributed by atoms with van der Waals surface area (Å²) in [7, 11) is 3.21. The van der Waals surface area contributed by atoms with Gasteiger partial charge < -0.3 is 10.2 Å². The quantitative estimate of drug-likeness (QED) is 0.686. The molecular weight excluding hydrogens is 294 g/mol. The molecule has 0 aliphatic rings. The molecule has 2 aromatic rings. The molecule has 0 fully saturated rings. The predicted molar refractivity (Wildman–Crippen MR) is 79.5 cm³/mol. The SMILES string of the molecule is CN(C)C(=O)CNC(=O)c1cc2cc([N+](=O)[O-])ccc2s1. The highest BCUT2D eigenvalue weighted by molar-refractivity contribution is 7.20. The van der Waals surface area contributed by atoms with Crippen LogP contribution in [0.2, 0.25) is 0 Å². The fourth-order valence-electron chi connectivity index (χ4n) is 1.66. The molecule has 0 spiro atoms. The lowest BCUT2D eigenvalue weighted by atomic mass is 10.2. The third-order valence-electron chi connectivity index (χ3n) is 2.83. The maximum Gasteiger partial charge on any atom is 0.270 e. The molecule has 110 valence electrons. The summed E-state index contributed by atoms with van der Waals surface area (Å²) in [4.78, 5) is 35.4. The van der Waals surface area contributed by atoms with Gasteiger partial charge >= 0.3 is 0 Å². The highest BCUT2D eigenvalue weighted by atomic mass is 32.1. The van der Waals surface area contributed by atoms with Gasteiger partial charge in [0.1, 0.15) is 0 Å². The first-order chi connectivity index (χ1) is 9.88. The summed E-state index contributed by atoms with van der Waals surface area (Å²) >= 11 is 1.23. The molecule has 0 bridgehead atoms. The van der Waals surface area contributed by atoms with Crippen LogP contribution in [0.3, 0.4) is 0 Å². The molecule has 0 aliphatic carbocycles.